The second-order valence-electron chi connectivity index (χ2n) is 9.73. The van der Waals surface area contributed by atoms with Gasteiger partial charge in [0.2, 0.25) is 5.91 Å². The Kier molecular flexibility index (Phi) is 5.19. The number of aromatic nitrogens is 5. The van der Waals surface area contributed by atoms with Crippen molar-refractivity contribution in [2.24, 2.45) is 5.41 Å². The van der Waals surface area contributed by atoms with E-state index in [4.69, 9.17) is 4.98 Å². The van der Waals surface area contributed by atoms with Crippen molar-refractivity contribution in [3.05, 3.63) is 72.2 Å². The first-order valence-corrected chi connectivity index (χ1v) is 12.5. The Bertz CT molecular complexity index is 1720. The van der Waals surface area contributed by atoms with Gasteiger partial charge in [-0.1, -0.05) is 39.0 Å². The van der Waals surface area contributed by atoms with Crippen LogP contribution in [0.25, 0.3) is 55.2 Å². The van der Waals surface area contributed by atoms with E-state index < -0.39 is 5.41 Å². The van der Waals surface area contributed by atoms with E-state index in [1.807, 2.05) is 75.5 Å². The molecule has 5 aromatic heterocycles. The van der Waals surface area contributed by atoms with E-state index in [2.05, 4.69) is 43.0 Å². The number of anilines is 1. The summed E-state index contributed by atoms with van der Waals surface area (Å²) >= 11 is 1.67. The van der Waals surface area contributed by atoms with Crippen LogP contribution in [-0.4, -0.2) is 31.1 Å². The number of nitrogens with zero attached hydrogens (tertiary/aromatic N) is 3. The Morgan fingerprint density at radius 3 is 2.67 bits per heavy atom. The number of fused-ring (bicyclic) bond motifs is 2. The van der Waals surface area contributed by atoms with E-state index in [1.165, 1.54) is 0 Å². The number of nitrogens with one attached hydrogen (secondary N) is 3. The standard InChI is InChI=1S/C28H24N6OS/c1-28(2,3)27(35)30-17-7-4-6-16(14-17)19-9-10-21-25(32-19)26(34-33-21)22-15-18-20(31-22)11-12-29-24(18)23-8-5-13-36-23/h4-15,31H,1-3H3,(H,30,35)(H,33,34). The normalized spacial score (nSPS) is 11.9. The minimum Gasteiger partial charge on any atom is -0.353 e. The summed E-state index contributed by atoms with van der Waals surface area (Å²) in [7, 11) is 0. The van der Waals surface area contributed by atoms with Gasteiger partial charge < -0.3 is 10.3 Å². The van der Waals surface area contributed by atoms with Crippen LogP contribution < -0.4 is 5.32 Å². The van der Waals surface area contributed by atoms with Gasteiger partial charge in [-0.25, -0.2) is 4.98 Å². The number of amides is 1. The molecule has 1 amide bonds. The van der Waals surface area contributed by atoms with Crippen LogP contribution in [0.5, 0.6) is 0 Å². The molecule has 3 N–H and O–H groups in total. The Morgan fingerprint density at radius 2 is 1.86 bits per heavy atom. The van der Waals surface area contributed by atoms with E-state index in [-0.39, 0.29) is 5.91 Å². The molecule has 6 aromatic rings. The Morgan fingerprint density at radius 1 is 0.972 bits per heavy atom. The lowest BCUT2D eigenvalue weighted by Gasteiger charge is -2.18. The number of aromatic amines is 2. The average molecular weight is 493 g/mol. The minimum absolute atomic E-state index is 0.0320. The topological polar surface area (TPSA) is 99.4 Å². The Balaban J connectivity index is 1.40. The summed E-state index contributed by atoms with van der Waals surface area (Å²) in [5.74, 6) is -0.0320. The number of carbonyl (C=O) groups is 1. The highest BCUT2D eigenvalue weighted by molar-refractivity contribution is 7.13. The molecule has 0 saturated carbocycles. The zero-order chi connectivity index (χ0) is 24.9. The molecule has 0 saturated heterocycles. The Labute approximate surface area is 211 Å². The lowest BCUT2D eigenvalue weighted by atomic mass is 9.95. The minimum atomic E-state index is -0.475. The van der Waals surface area contributed by atoms with Crippen LogP contribution in [0.4, 0.5) is 5.69 Å². The molecular formula is C28H24N6OS. The molecule has 8 heteroatoms. The maximum absolute atomic E-state index is 12.4. The first-order chi connectivity index (χ1) is 17.4. The van der Waals surface area contributed by atoms with E-state index >= 15 is 0 Å². The fraction of sp³-hybridized carbons (Fsp3) is 0.143. The van der Waals surface area contributed by atoms with Crippen molar-refractivity contribution >= 4 is 44.9 Å². The van der Waals surface area contributed by atoms with Crippen LogP contribution in [-0.2, 0) is 4.79 Å². The van der Waals surface area contributed by atoms with Crippen LogP contribution in [0.3, 0.4) is 0 Å². The SMILES string of the molecule is CC(C)(C)C(=O)Nc1cccc(-c2ccc3[nH]nc(-c4cc5c(-c6cccs6)nccc5[nH]4)c3n2)c1. The molecule has 0 aliphatic rings. The maximum atomic E-state index is 12.4. The molecule has 5 heterocycles. The van der Waals surface area contributed by atoms with Crippen LogP contribution in [0, 0.1) is 5.41 Å². The smallest absolute Gasteiger partial charge is 0.229 e. The summed E-state index contributed by atoms with van der Waals surface area (Å²) in [5.41, 5.74) is 7.17. The van der Waals surface area contributed by atoms with Crippen molar-refractivity contribution in [1.82, 2.24) is 25.1 Å². The number of carbonyl (C=O) groups excluding carboxylic acids is 1. The Hall–Kier alpha value is -4.30. The third kappa shape index (κ3) is 3.95. The van der Waals surface area contributed by atoms with E-state index in [9.17, 15) is 4.79 Å². The van der Waals surface area contributed by atoms with Gasteiger partial charge in [0.1, 0.15) is 11.2 Å². The van der Waals surface area contributed by atoms with Gasteiger partial charge in [-0.2, -0.15) is 5.10 Å². The summed E-state index contributed by atoms with van der Waals surface area (Å²) in [6, 6.07) is 19.9. The first kappa shape index (κ1) is 22.2. The van der Waals surface area contributed by atoms with Gasteiger partial charge in [-0.15, -0.1) is 11.3 Å². The molecule has 7 nitrogen and oxygen atoms in total. The molecule has 0 unspecified atom stereocenters. The van der Waals surface area contributed by atoms with Gasteiger partial charge >= 0.3 is 0 Å². The molecule has 0 fully saturated rings. The highest BCUT2D eigenvalue weighted by atomic mass is 32.1. The van der Waals surface area contributed by atoms with Crippen LogP contribution in [0.1, 0.15) is 20.8 Å². The van der Waals surface area contributed by atoms with Crippen molar-refractivity contribution in [3.63, 3.8) is 0 Å². The fourth-order valence-electron chi connectivity index (χ4n) is 4.11. The van der Waals surface area contributed by atoms with Crippen molar-refractivity contribution in [2.75, 3.05) is 5.32 Å². The van der Waals surface area contributed by atoms with Crippen LogP contribution >= 0.6 is 11.3 Å². The number of rotatable bonds is 4. The van der Waals surface area contributed by atoms with Gasteiger partial charge in [0.05, 0.1) is 27.5 Å². The summed E-state index contributed by atoms with van der Waals surface area (Å²) in [6.45, 7) is 5.68. The van der Waals surface area contributed by atoms with E-state index in [0.717, 1.165) is 60.8 Å². The highest BCUT2D eigenvalue weighted by Gasteiger charge is 2.21. The summed E-state index contributed by atoms with van der Waals surface area (Å²) in [4.78, 5) is 26.6. The molecule has 0 aliphatic carbocycles. The van der Waals surface area contributed by atoms with E-state index in [1.54, 1.807) is 11.3 Å². The van der Waals surface area contributed by atoms with Gasteiger partial charge in [-0.3, -0.25) is 14.9 Å². The molecule has 178 valence electrons. The molecule has 0 bridgehead atoms. The van der Waals surface area contributed by atoms with Crippen LogP contribution in [0.15, 0.2) is 72.2 Å². The molecule has 0 spiro atoms. The van der Waals surface area contributed by atoms with Gasteiger partial charge in [0.25, 0.3) is 0 Å². The lowest BCUT2D eigenvalue weighted by Crippen LogP contribution is -2.27. The van der Waals surface area contributed by atoms with Gasteiger partial charge in [-0.05, 0) is 47.8 Å². The molecule has 0 atom stereocenters. The molecule has 1 aromatic carbocycles. The number of thiophene rings is 1. The monoisotopic (exact) mass is 492 g/mol. The highest BCUT2D eigenvalue weighted by Crippen LogP contribution is 2.34. The molecular weight excluding hydrogens is 468 g/mol. The zero-order valence-corrected chi connectivity index (χ0v) is 20.9. The third-order valence-corrected chi connectivity index (χ3v) is 6.94. The average Bonchev–Trinajstić information content (AvgIpc) is 3.62. The van der Waals surface area contributed by atoms with Crippen molar-refractivity contribution < 1.29 is 4.79 Å². The lowest BCUT2D eigenvalue weighted by molar-refractivity contribution is -0.123. The number of H-pyrrole nitrogens is 2. The number of hydrogen-bond donors (Lipinski definition) is 3. The van der Waals surface area contributed by atoms with Gasteiger partial charge in [0.15, 0.2) is 0 Å². The second-order valence-corrected chi connectivity index (χ2v) is 10.7. The molecule has 0 aliphatic heterocycles. The molecule has 6 rings (SSSR count). The van der Waals surface area contributed by atoms with Crippen molar-refractivity contribution in [3.8, 4) is 33.2 Å². The zero-order valence-electron chi connectivity index (χ0n) is 20.1. The van der Waals surface area contributed by atoms with E-state index in [0.29, 0.717) is 0 Å². The predicted molar refractivity (Wildman–Crippen MR) is 146 cm³/mol. The summed E-state index contributed by atoms with van der Waals surface area (Å²) in [6.07, 6.45) is 1.82. The number of benzene rings is 1. The molecule has 36 heavy (non-hydrogen) atoms. The third-order valence-electron chi connectivity index (χ3n) is 6.06. The molecule has 0 radical (unpaired) electrons. The number of pyridine rings is 2. The van der Waals surface area contributed by atoms with Gasteiger partial charge in [0, 0.05) is 33.8 Å². The second kappa shape index (κ2) is 8.42. The first-order valence-electron chi connectivity index (χ1n) is 11.7. The summed E-state index contributed by atoms with van der Waals surface area (Å²) < 4.78 is 0. The van der Waals surface area contributed by atoms with Crippen LogP contribution in [0.2, 0.25) is 0 Å². The van der Waals surface area contributed by atoms with Crippen molar-refractivity contribution in [1.29, 1.82) is 0 Å². The summed E-state index contributed by atoms with van der Waals surface area (Å²) in [5, 5.41) is 13.8. The van der Waals surface area contributed by atoms with Crippen molar-refractivity contribution in [2.45, 2.75) is 20.8 Å². The predicted octanol–water partition coefficient (Wildman–Crippen LogP) is 6.88. The number of hydrogen-bond acceptors (Lipinski definition) is 5. The largest absolute Gasteiger partial charge is 0.353 e. The quantitative estimate of drug-likeness (QED) is 0.250. The fourth-order valence-corrected chi connectivity index (χ4v) is 4.85. The maximum Gasteiger partial charge on any atom is 0.229 e.